The van der Waals surface area contributed by atoms with E-state index in [4.69, 9.17) is 11.6 Å². The molecule has 2 heterocycles. The number of aromatic nitrogens is 1. The van der Waals surface area contributed by atoms with Gasteiger partial charge in [-0.2, -0.15) is 0 Å². The van der Waals surface area contributed by atoms with Crippen LogP contribution in [0.3, 0.4) is 0 Å². The molecule has 1 saturated heterocycles. The van der Waals surface area contributed by atoms with Crippen molar-refractivity contribution in [1.29, 1.82) is 0 Å². The summed E-state index contributed by atoms with van der Waals surface area (Å²) in [6.45, 7) is 5.41. The molecule has 0 spiro atoms. The summed E-state index contributed by atoms with van der Waals surface area (Å²) in [5, 5.41) is 7.45. The fourth-order valence-corrected chi connectivity index (χ4v) is 3.29. The fraction of sp³-hybridized carbons (Fsp3) is 0.400. The first kappa shape index (κ1) is 22.7. The van der Waals surface area contributed by atoms with Crippen molar-refractivity contribution in [3.63, 3.8) is 0 Å². The lowest BCUT2D eigenvalue weighted by atomic mass is 10.2. The Hall–Kier alpha value is -1.58. The van der Waals surface area contributed by atoms with Gasteiger partial charge in [-0.1, -0.05) is 35.9 Å². The average Bonchev–Trinajstić information content (AvgIpc) is 2.70. The van der Waals surface area contributed by atoms with Crippen molar-refractivity contribution in [2.24, 2.45) is 4.99 Å². The Labute approximate surface area is 189 Å². The molecule has 0 aliphatic carbocycles. The van der Waals surface area contributed by atoms with Crippen molar-refractivity contribution < 1.29 is 0 Å². The number of benzene rings is 1. The van der Waals surface area contributed by atoms with E-state index in [9.17, 15) is 0 Å². The molecule has 0 amide bonds. The molecule has 2 N–H and O–H groups in total. The molecule has 0 saturated carbocycles. The van der Waals surface area contributed by atoms with Gasteiger partial charge in [-0.3, -0.25) is 4.99 Å². The van der Waals surface area contributed by atoms with Crippen molar-refractivity contribution in [2.75, 3.05) is 45.2 Å². The van der Waals surface area contributed by atoms with Crippen LogP contribution in [0.25, 0.3) is 0 Å². The zero-order valence-corrected chi connectivity index (χ0v) is 19.4. The van der Waals surface area contributed by atoms with E-state index in [1.807, 2.05) is 36.5 Å². The van der Waals surface area contributed by atoms with E-state index in [0.29, 0.717) is 13.1 Å². The van der Waals surface area contributed by atoms with Gasteiger partial charge in [-0.25, -0.2) is 4.98 Å². The number of rotatable bonds is 5. The number of hydrogen-bond donors (Lipinski definition) is 2. The number of anilines is 1. The van der Waals surface area contributed by atoms with Crippen LogP contribution in [0.2, 0.25) is 5.02 Å². The van der Waals surface area contributed by atoms with Crippen molar-refractivity contribution in [2.45, 2.75) is 13.1 Å². The summed E-state index contributed by atoms with van der Waals surface area (Å²) >= 11 is 6.22. The highest BCUT2D eigenvalue weighted by molar-refractivity contribution is 14.0. The Morgan fingerprint density at radius 3 is 2.36 bits per heavy atom. The molecule has 0 bridgehead atoms. The summed E-state index contributed by atoms with van der Waals surface area (Å²) in [7, 11) is 3.93. The van der Waals surface area contributed by atoms with Gasteiger partial charge in [0.2, 0.25) is 0 Å². The number of halogens is 2. The molecule has 1 aliphatic rings. The summed E-state index contributed by atoms with van der Waals surface area (Å²) < 4.78 is 0. The maximum Gasteiger partial charge on any atom is 0.191 e. The number of aliphatic imine (C=N–C) groups is 1. The van der Waals surface area contributed by atoms with Crippen LogP contribution in [0, 0.1) is 0 Å². The number of pyridine rings is 1. The molecule has 0 atom stereocenters. The molecule has 152 valence electrons. The van der Waals surface area contributed by atoms with Gasteiger partial charge >= 0.3 is 0 Å². The Morgan fingerprint density at radius 2 is 1.68 bits per heavy atom. The van der Waals surface area contributed by atoms with Crippen LogP contribution in [-0.4, -0.2) is 56.1 Å². The lowest BCUT2D eigenvalue weighted by Crippen LogP contribution is -2.45. The third-order valence-corrected chi connectivity index (χ3v) is 5.11. The van der Waals surface area contributed by atoms with Crippen LogP contribution in [0.4, 0.5) is 5.82 Å². The third kappa shape index (κ3) is 6.22. The third-order valence-electron chi connectivity index (χ3n) is 4.74. The van der Waals surface area contributed by atoms with E-state index >= 15 is 0 Å². The highest BCUT2D eigenvalue weighted by Gasteiger charge is 2.18. The molecule has 28 heavy (non-hydrogen) atoms. The predicted molar refractivity (Wildman–Crippen MR) is 128 cm³/mol. The predicted octanol–water partition coefficient (Wildman–Crippen LogP) is 2.97. The van der Waals surface area contributed by atoms with E-state index < -0.39 is 0 Å². The number of likely N-dealkylation sites (N-methyl/N-ethyl adjacent to an activating group) is 1. The average molecular weight is 515 g/mol. The molecule has 3 rings (SSSR count). The maximum atomic E-state index is 6.22. The first-order chi connectivity index (χ1) is 13.2. The number of nitrogens with one attached hydrogen (secondary N) is 2. The molecule has 1 aliphatic heterocycles. The Kier molecular flexibility index (Phi) is 9.27. The van der Waals surface area contributed by atoms with Gasteiger partial charge in [0.1, 0.15) is 5.82 Å². The lowest BCUT2D eigenvalue weighted by molar-refractivity contribution is 0.312. The monoisotopic (exact) mass is 514 g/mol. The number of hydrogen-bond acceptors (Lipinski definition) is 4. The zero-order chi connectivity index (χ0) is 19.1. The highest BCUT2D eigenvalue weighted by atomic mass is 127. The number of guanidine groups is 1. The standard InChI is InChI=1S/C20H27ClN6.HI/c1-22-20(24-14-16-6-3-4-8-18(16)21)25-15-17-7-5-9-23-19(17)27-12-10-26(2)11-13-27;/h3-9H,10-15H2,1-2H3,(H2,22,24,25);1H. The van der Waals surface area contributed by atoms with Crippen LogP contribution in [0.1, 0.15) is 11.1 Å². The number of nitrogens with zero attached hydrogens (tertiary/aromatic N) is 4. The van der Waals surface area contributed by atoms with E-state index in [2.05, 4.69) is 43.5 Å². The normalized spacial score (nSPS) is 15.1. The molecule has 1 fully saturated rings. The molecule has 1 aromatic heterocycles. The van der Waals surface area contributed by atoms with E-state index in [1.165, 1.54) is 5.56 Å². The van der Waals surface area contributed by atoms with Crippen LogP contribution >= 0.6 is 35.6 Å². The van der Waals surface area contributed by atoms with E-state index in [1.54, 1.807) is 7.05 Å². The lowest BCUT2D eigenvalue weighted by Gasteiger charge is -2.34. The second kappa shape index (κ2) is 11.4. The van der Waals surface area contributed by atoms with Crippen LogP contribution in [-0.2, 0) is 13.1 Å². The maximum absolute atomic E-state index is 6.22. The molecule has 0 radical (unpaired) electrons. The molecule has 1 aromatic carbocycles. The first-order valence-electron chi connectivity index (χ1n) is 9.22. The largest absolute Gasteiger partial charge is 0.354 e. The van der Waals surface area contributed by atoms with Gasteiger partial charge in [0.25, 0.3) is 0 Å². The summed E-state index contributed by atoms with van der Waals surface area (Å²) in [4.78, 5) is 13.6. The molecule has 6 nitrogen and oxygen atoms in total. The topological polar surface area (TPSA) is 55.8 Å². The van der Waals surface area contributed by atoms with Gasteiger partial charge in [-0.15, -0.1) is 24.0 Å². The Balaban J connectivity index is 0.00000280. The van der Waals surface area contributed by atoms with Gasteiger partial charge < -0.3 is 20.4 Å². The summed E-state index contributed by atoms with van der Waals surface area (Å²) in [5.41, 5.74) is 2.21. The van der Waals surface area contributed by atoms with E-state index in [0.717, 1.165) is 48.5 Å². The zero-order valence-electron chi connectivity index (χ0n) is 16.4. The second-order valence-corrected chi connectivity index (χ2v) is 7.05. The van der Waals surface area contributed by atoms with Crippen molar-refractivity contribution in [1.82, 2.24) is 20.5 Å². The fourth-order valence-electron chi connectivity index (χ4n) is 3.09. The van der Waals surface area contributed by atoms with Crippen LogP contribution < -0.4 is 15.5 Å². The summed E-state index contributed by atoms with van der Waals surface area (Å²) in [6, 6.07) is 11.9. The van der Waals surface area contributed by atoms with Crippen molar-refractivity contribution in [3.8, 4) is 0 Å². The minimum Gasteiger partial charge on any atom is -0.354 e. The van der Waals surface area contributed by atoms with Crippen molar-refractivity contribution in [3.05, 3.63) is 58.7 Å². The molecular formula is C20H28ClIN6. The van der Waals surface area contributed by atoms with Crippen molar-refractivity contribution >= 4 is 47.4 Å². The number of piperazine rings is 1. The first-order valence-corrected chi connectivity index (χ1v) is 9.60. The van der Waals surface area contributed by atoms with Crippen LogP contribution in [0.15, 0.2) is 47.6 Å². The quantitative estimate of drug-likeness (QED) is 0.365. The van der Waals surface area contributed by atoms with Crippen LogP contribution in [0.5, 0.6) is 0 Å². The van der Waals surface area contributed by atoms with Gasteiger partial charge in [0.05, 0.1) is 0 Å². The molecular weight excluding hydrogens is 487 g/mol. The van der Waals surface area contributed by atoms with Gasteiger partial charge in [0.15, 0.2) is 5.96 Å². The second-order valence-electron chi connectivity index (χ2n) is 6.65. The summed E-state index contributed by atoms with van der Waals surface area (Å²) in [6.07, 6.45) is 1.86. The Morgan fingerprint density at radius 1 is 1.04 bits per heavy atom. The van der Waals surface area contributed by atoms with E-state index in [-0.39, 0.29) is 24.0 Å². The highest BCUT2D eigenvalue weighted by Crippen LogP contribution is 2.18. The molecule has 0 unspecified atom stereocenters. The summed E-state index contributed by atoms with van der Waals surface area (Å²) in [5.74, 6) is 1.79. The minimum absolute atomic E-state index is 0. The van der Waals surface area contributed by atoms with Gasteiger partial charge in [-0.05, 0) is 24.7 Å². The van der Waals surface area contributed by atoms with Gasteiger partial charge in [0, 0.05) is 63.1 Å². The molecule has 8 heteroatoms. The Bertz CT molecular complexity index is 777. The SMILES string of the molecule is CN=C(NCc1ccccc1Cl)NCc1cccnc1N1CCN(C)CC1.I. The molecule has 2 aromatic rings. The smallest absolute Gasteiger partial charge is 0.191 e. The minimum atomic E-state index is 0.